The van der Waals surface area contributed by atoms with Crippen molar-refractivity contribution in [2.24, 2.45) is 0 Å². The Morgan fingerprint density at radius 1 is 0.488 bits per heavy atom. The lowest BCUT2D eigenvalue weighted by atomic mass is 10.0. The van der Waals surface area contributed by atoms with Gasteiger partial charge < -0.3 is 4.90 Å². The molecule has 6 aromatic carbocycles. The lowest BCUT2D eigenvalue weighted by Gasteiger charge is -2.26. The van der Waals surface area contributed by atoms with Crippen LogP contribution in [0.3, 0.4) is 0 Å². The standard InChI is InChI=1S/C38H29N3/c1-28-11-10-16-35(27-28)40(33-23-19-30(20-24-33)29-12-4-2-5-13-29)34-25-21-31(22-26-34)38-39-36-17-8-9-18-37(36)41(38)32-14-6-3-7-15-32/h2-27H,1H3. The van der Waals surface area contributed by atoms with Crippen molar-refractivity contribution >= 4 is 28.1 Å². The van der Waals surface area contributed by atoms with E-state index < -0.39 is 0 Å². The maximum Gasteiger partial charge on any atom is 0.145 e. The highest BCUT2D eigenvalue weighted by atomic mass is 15.1. The minimum Gasteiger partial charge on any atom is -0.310 e. The number of benzene rings is 6. The summed E-state index contributed by atoms with van der Waals surface area (Å²) >= 11 is 0. The van der Waals surface area contributed by atoms with Gasteiger partial charge in [0.25, 0.3) is 0 Å². The van der Waals surface area contributed by atoms with Gasteiger partial charge in [0.1, 0.15) is 5.82 Å². The predicted octanol–water partition coefficient (Wildman–Crippen LogP) is 10.1. The fraction of sp³-hybridized carbons (Fsp3) is 0.0263. The van der Waals surface area contributed by atoms with E-state index in [0.29, 0.717) is 0 Å². The van der Waals surface area contributed by atoms with Crippen LogP contribution in [0.15, 0.2) is 158 Å². The molecule has 3 heteroatoms. The van der Waals surface area contributed by atoms with Crippen molar-refractivity contribution in [3.63, 3.8) is 0 Å². The molecule has 196 valence electrons. The Kier molecular flexibility index (Phi) is 6.38. The third-order valence-electron chi connectivity index (χ3n) is 7.45. The summed E-state index contributed by atoms with van der Waals surface area (Å²) < 4.78 is 2.24. The van der Waals surface area contributed by atoms with Gasteiger partial charge in [-0.25, -0.2) is 4.98 Å². The van der Waals surface area contributed by atoms with Gasteiger partial charge in [0, 0.05) is 28.3 Å². The van der Waals surface area contributed by atoms with Crippen molar-refractivity contribution in [2.75, 3.05) is 4.90 Å². The van der Waals surface area contributed by atoms with Crippen LogP contribution in [0.2, 0.25) is 0 Å². The first-order chi connectivity index (χ1) is 20.2. The van der Waals surface area contributed by atoms with Crippen LogP contribution < -0.4 is 4.90 Å². The van der Waals surface area contributed by atoms with Crippen LogP contribution in [0.5, 0.6) is 0 Å². The SMILES string of the molecule is Cc1cccc(N(c2ccc(-c3ccccc3)cc2)c2ccc(-c3nc4ccccc4n3-c3ccccc3)cc2)c1. The topological polar surface area (TPSA) is 21.1 Å². The van der Waals surface area contributed by atoms with Crippen LogP contribution in [0.4, 0.5) is 17.1 Å². The average molecular weight is 528 g/mol. The maximum absolute atomic E-state index is 5.05. The number of rotatable bonds is 6. The van der Waals surface area contributed by atoms with Crippen molar-refractivity contribution in [1.29, 1.82) is 0 Å². The van der Waals surface area contributed by atoms with E-state index in [9.17, 15) is 0 Å². The summed E-state index contributed by atoms with van der Waals surface area (Å²) in [6.45, 7) is 2.14. The Bertz CT molecular complexity index is 1920. The highest BCUT2D eigenvalue weighted by Gasteiger charge is 2.17. The van der Waals surface area contributed by atoms with E-state index >= 15 is 0 Å². The number of anilines is 3. The molecular formula is C38H29N3. The van der Waals surface area contributed by atoms with Gasteiger partial charge in [-0.2, -0.15) is 0 Å². The zero-order chi connectivity index (χ0) is 27.6. The molecule has 0 unspecified atom stereocenters. The number of aryl methyl sites for hydroxylation is 1. The summed E-state index contributed by atoms with van der Waals surface area (Å²) in [5, 5.41) is 0. The molecule has 7 rings (SSSR count). The molecule has 1 heterocycles. The molecule has 0 saturated carbocycles. The lowest BCUT2D eigenvalue weighted by Crippen LogP contribution is -2.10. The smallest absolute Gasteiger partial charge is 0.145 e. The normalized spacial score (nSPS) is 11.0. The Labute approximate surface area is 240 Å². The second-order valence-corrected chi connectivity index (χ2v) is 10.2. The van der Waals surface area contributed by atoms with Crippen LogP contribution in [-0.4, -0.2) is 9.55 Å². The summed E-state index contributed by atoms with van der Waals surface area (Å²) in [5.74, 6) is 0.929. The highest BCUT2D eigenvalue weighted by molar-refractivity contribution is 5.84. The number of hydrogen-bond acceptors (Lipinski definition) is 2. The van der Waals surface area contributed by atoms with E-state index in [1.807, 2.05) is 12.1 Å². The van der Waals surface area contributed by atoms with E-state index in [-0.39, 0.29) is 0 Å². The minimum atomic E-state index is 0.929. The molecule has 0 spiro atoms. The highest BCUT2D eigenvalue weighted by Crippen LogP contribution is 2.37. The van der Waals surface area contributed by atoms with Crippen molar-refractivity contribution in [2.45, 2.75) is 6.92 Å². The molecule has 0 amide bonds. The van der Waals surface area contributed by atoms with Crippen LogP contribution in [0, 0.1) is 6.92 Å². The first-order valence-corrected chi connectivity index (χ1v) is 13.9. The molecule has 0 saturated heterocycles. The van der Waals surface area contributed by atoms with Gasteiger partial charge in [-0.15, -0.1) is 0 Å². The Morgan fingerprint density at radius 2 is 1.07 bits per heavy atom. The third kappa shape index (κ3) is 4.79. The van der Waals surface area contributed by atoms with Gasteiger partial charge in [0.05, 0.1) is 11.0 Å². The van der Waals surface area contributed by atoms with Crippen LogP contribution in [0.1, 0.15) is 5.56 Å². The van der Waals surface area contributed by atoms with Gasteiger partial charge in [-0.1, -0.05) is 84.9 Å². The molecule has 0 atom stereocenters. The molecule has 41 heavy (non-hydrogen) atoms. The summed E-state index contributed by atoms with van der Waals surface area (Å²) in [5.41, 5.74) is 11.2. The van der Waals surface area contributed by atoms with E-state index in [2.05, 4.69) is 162 Å². The van der Waals surface area contributed by atoms with Crippen LogP contribution in [-0.2, 0) is 0 Å². The first kappa shape index (κ1) is 24.6. The molecular weight excluding hydrogens is 498 g/mol. The largest absolute Gasteiger partial charge is 0.310 e. The average Bonchev–Trinajstić information content (AvgIpc) is 3.43. The Morgan fingerprint density at radius 3 is 1.76 bits per heavy atom. The molecule has 0 bridgehead atoms. The molecule has 3 nitrogen and oxygen atoms in total. The minimum absolute atomic E-state index is 0.929. The van der Waals surface area contributed by atoms with E-state index in [4.69, 9.17) is 4.98 Å². The Hall–Kier alpha value is -5.41. The zero-order valence-corrected chi connectivity index (χ0v) is 22.9. The lowest BCUT2D eigenvalue weighted by molar-refractivity contribution is 1.10. The molecule has 0 aliphatic rings. The number of fused-ring (bicyclic) bond motifs is 1. The van der Waals surface area contributed by atoms with Crippen molar-refractivity contribution < 1.29 is 0 Å². The Balaban J connectivity index is 1.31. The third-order valence-corrected chi connectivity index (χ3v) is 7.45. The molecule has 0 fully saturated rings. The van der Waals surface area contributed by atoms with Crippen molar-refractivity contribution in [3.05, 3.63) is 163 Å². The van der Waals surface area contributed by atoms with Gasteiger partial charge >= 0.3 is 0 Å². The molecule has 7 aromatic rings. The fourth-order valence-electron chi connectivity index (χ4n) is 5.47. The molecule has 1 aromatic heterocycles. The second kappa shape index (κ2) is 10.6. The fourth-order valence-corrected chi connectivity index (χ4v) is 5.47. The number of para-hydroxylation sites is 3. The predicted molar refractivity (Wildman–Crippen MR) is 171 cm³/mol. The first-order valence-electron chi connectivity index (χ1n) is 13.9. The van der Waals surface area contributed by atoms with E-state index in [1.54, 1.807) is 0 Å². The second-order valence-electron chi connectivity index (χ2n) is 10.2. The summed E-state index contributed by atoms with van der Waals surface area (Å²) in [4.78, 5) is 7.36. The quantitative estimate of drug-likeness (QED) is 0.214. The summed E-state index contributed by atoms with van der Waals surface area (Å²) in [6.07, 6.45) is 0. The van der Waals surface area contributed by atoms with Gasteiger partial charge in [0.2, 0.25) is 0 Å². The number of nitrogens with zero attached hydrogens (tertiary/aromatic N) is 3. The molecule has 0 aliphatic heterocycles. The number of hydrogen-bond donors (Lipinski definition) is 0. The van der Waals surface area contributed by atoms with Gasteiger partial charge in [-0.3, -0.25) is 4.57 Å². The molecule has 0 N–H and O–H groups in total. The van der Waals surface area contributed by atoms with Gasteiger partial charge in [0.15, 0.2) is 0 Å². The molecule has 0 radical (unpaired) electrons. The molecule has 0 aliphatic carbocycles. The summed E-state index contributed by atoms with van der Waals surface area (Å²) in [7, 11) is 0. The number of imidazole rings is 1. The van der Waals surface area contributed by atoms with E-state index in [0.717, 1.165) is 45.2 Å². The van der Waals surface area contributed by atoms with Crippen molar-refractivity contribution in [1.82, 2.24) is 9.55 Å². The van der Waals surface area contributed by atoms with E-state index in [1.165, 1.54) is 16.7 Å². The van der Waals surface area contributed by atoms with Crippen LogP contribution >= 0.6 is 0 Å². The summed E-state index contributed by atoms with van der Waals surface area (Å²) in [6, 6.07) is 55.5. The monoisotopic (exact) mass is 527 g/mol. The number of aromatic nitrogens is 2. The maximum atomic E-state index is 5.05. The zero-order valence-electron chi connectivity index (χ0n) is 22.9. The van der Waals surface area contributed by atoms with Gasteiger partial charge in [-0.05, 0) is 96.4 Å². The van der Waals surface area contributed by atoms with Crippen molar-refractivity contribution in [3.8, 4) is 28.2 Å². The van der Waals surface area contributed by atoms with Crippen LogP contribution in [0.25, 0.3) is 39.2 Å².